The van der Waals surface area contributed by atoms with Crippen LogP contribution >= 0.6 is 0 Å². The van der Waals surface area contributed by atoms with Crippen molar-refractivity contribution in [3.63, 3.8) is 0 Å². The maximum atomic E-state index is 13.2. The van der Waals surface area contributed by atoms with Crippen LogP contribution in [-0.2, 0) is 42.9 Å². The SMILES string of the molecule is CC1(C)C(C(=O)OCc2ccc([N+](=O)[O-])cc2)N2C(=O)C(NC(=O)Cc3ccccc3)C2S1=O. The van der Waals surface area contributed by atoms with E-state index < -0.39 is 49.8 Å². The molecule has 0 aliphatic carbocycles. The van der Waals surface area contributed by atoms with E-state index in [4.69, 9.17) is 4.74 Å². The minimum atomic E-state index is -1.63. The van der Waals surface area contributed by atoms with Gasteiger partial charge < -0.3 is 15.0 Å². The molecule has 178 valence electrons. The van der Waals surface area contributed by atoms with Crippen LogP contribution in [0.5, 0.6) is 0 Å². The monoisotopic (exact) mass is 485 g/mol. The number of carbonyl (C=O) groups is 3. The first-order chi connectivity index (χ1) is 16.1. The van der Waals surface area contributed by atoms with E-state index in [9.17, 15) is 28.7 Å². The molecular weight excluding hydrogens is 462 g/mol. The van der Waals surface area contributed by atoms with Gasteiger partial charge in [-0.2, -0.15) is 0 Å². The first-order valence-electron chi connectivity index (χ1n) is 10.6. The lowest BCUT2D eigenvalue weighted by Gasteiger charge is -2.43. The second-order valence-electron chi connectivity index (χ2n) is 8.68. The van der Waals surface area contributed by atoms with Crippen LogP contribution in [0.1, 0.15) is 25.0 Å². The first kappa shape index (κ1) is 23.6. The lowest BCUT2D eigenvalue weighted by molar-refractivity contribution is -0.384. The fraction of sp³-hybridized carbons (Fsp3) is 0.348. The molecule has 4 rings (SSSR count). The standard InChI is InChI=1S/C23H23N3O7S/c1-23(2)19(22(29)33-13-15-8-10-16(11-9-15)26(30)31)25-20(28)18(21(25)34(23)32)24-17(27)12-14-6-4-3-5-7-14/h3-11,18-19,21H,12-13H2,1-2H3,(H,24,27). The molecule has 0 radical (unpaired) electrons. The van der Waals surface area contributed by atoms with Crippen molar-refractivity contribution in [3.8, 4) is 0 Å². The Hall–Kier alpha value is -3.60. The third kappa shape index (κ3) is 4.18. The predicted octanol–water partition coefficient (Wildman–Crippen LogP) is 1.44. The fourth-order valence-electron chi connectivity index (χ4n) is 4.23. The highest BCUT2D eigenvalue weighted by Crippen LogP contribution is 2.44. The van der Waals surface area contributed by atoms with Gasteiger partial charge in [-0.25, -0.2) is 4.79 Å². The third-order valence-electron chi connectivity index (χ3n) is 6.03. The highest BCUT2D eigenvalue weighted by Gasteiger charge is 2.68. The Bertz CT molecular complexity index is 1170. The van der Waals surface area contributed by atoms with Crippen molar-refractivity contribution in [3.05, 3.63) is 75.8 Å². The van der Waals surface area contributed by atoms with Gasteiger partial charge in [-0.05, 0) is 37.1 Å². The van der Waals surface area contributed by atoms with Gasteiger partial charge in [-0.1, -0.05) is 30.3 Å². The summed E-state index contributed by atoms with van der Waals surface area (Å²) in [6, 6.07) is 12.5. The van der Waals surface area contributed by atoms with Crippen LogP contribution in [0.2, 0.25) is 0 Å². The molecule has 2 aromatic carbocycles. The van der Waals surface area contributed by atoms with E-state index in [-0.39, 0.29) is 24.6 Å². The number of amides is 2. The zero-order valence-electron chi connectivity index (χ0n) is 18.5. The minimum absolute atomic E-state index is 0.0775. The van der Waals surface area contributed by atoms with Crippen LogP contribution in [0.25, 0.3) is 0 Å². The summed E-state index contributed by atoms with van der Waals surface area (Å²) in [5, 5.41) is 12.6. The molecule has 0 aromatic heterocycles. The summed E-state index contributed by atoms with van der Waals surface area (Å²) >= 11 is 0. The Kier molecular flexibility index (Phi) is 6.22. The number of benzene rings is 2. The van der Waals surface area contributed by atoms with Crippen LogP contribution in [0.3, 0.4) is 0 Å². The molecule has 1 N–H and O–H groups in total. The van der Waals surface area contributed by atoms with Crippen LogP contribution in [-0.4, -0.2) is 54.0 Å². The summed E-state index contributed by atoms with van der Waals surface area (Å²) < 4.78 is 17.4. The zero-order valence-corrected chi connectivity index (χ0v) is 19.3. The second-order valence-corrected chi connectivity index (χ2v) is 10.8. The number of nitro groups is 1. The van der Waals surface area contributed by atoms with E-state index in [1.807, 2.05) is 6.07 Å². The first-order valence-corrected chi connectivity index (χ1v) is 11.8. The highest BCUT2D eigenvalue weighted by molar-refractivity contribution is 7.87. The number of non-ortho nitro benzene ring substituents is 1. The molecule has 2 aliphatic rings. The van der Waals surface area contributed by atoms with E-state index in [1.165, 1.54) is 29.2 Å². The number of rotatable bonds is 7. The summed E-state index contributed by atoms with van der Waals surface area (Å²) in [5.41, 5.74) is 1.23. The van der Waals surface area contributed by atoms with Crippen molar-refractivity contribution < 1.29 is 28.3 Å². The van der Waals surface area contributed by atoms with Crippen LogP contribution in [0.4, 0.5) is 5.69 Å². The Labute approximate surface area is 197 Å². The van der Waals surface area contributed by atoms with Gasteiger partial charge in [0.2, 0.25) is 11.8 Å². The molecular formula is C23H23N3O7S. The minimum Gasteiger partial charge on any atom is -0.459 e. The molecule has 0 saturated carbocycles. The Morgan fingerprint density at radius 1 is 1.12 bits per heavy atom. The number of fused-ring (bicyclic) bond motifs is 1. The number of ether oxygens (including phenoxy) is 1. The Balaban J connectivity index is 1.42. The van der Waals surface area contributed by atoms with E-state index in [0.29, 0.717) is 5.56 Å². The van der Waals surface area contributed by atoms with Gasteiger partial charge in [-0.15, -0.1) is 0 Å². The topological polar surface area (TPSA) is 136 Å². The molecule has 34 heavy (non-hydrogen) atoms. The number of nitrogens with zero attached hydrogens (tertiary/aromatic N) is 2. The van der Waals surface area contributed by atoms with Gasteiger partial charge in [0.15, 0.2) is 0 Å². The number of hydrogen-bond donors (Lipinski definition) is 1. The van der Waals surface area contributed by atoms with Crippen molar-refractivity contribution in [1.29, 1.82) is 0 Å². The van der Waals surface area contributed by atoms with Crippen molar-refractivity contribution in [2.24, 2.45) is 0 Å². The molecule has 4 unspecified atom stereocenters. The van der Waals surface area contributed by atoms with Gasteiger partial charge in [0.05, 0.1) is 26.9 Å². The molecule has 2 aromatic rings. The van der Waals surface area contributed by atoms with E-state index in [0.717, 1.165) is 5.56 Å². The number of hydrogen-bond acceptors (Lipinski definition) is 7. The van der Waals surface area contributed by atoms with E-state index in [2.05, 4.69) is 5.32 Å². The zero-order chi connectivity index (χ0) is 24.6. The van der Waals surface area contributed by atoms with Crippen LogP contribution < -0.4 is 5.32 Å². The number of nitro benzene ring substituents is 1. The summed E-state index contributed by atoms with van der Waals surface area (Å²) in [6.07, 6.45) is 0.0775. The largest absolute Gasteiger partial charge is 0.459 e. The van der Waals surface area contributed by atoms with Gasteiger partial charge in [0.25, 0.3) is 5.69 Å². The average molecular weight is 486 g/mol. The highest BCUT2D eigenvalue weighted by atomic mass is 32.2. The number of nitrogens with one attached hydrogen (secondary N) is 1. The van der Waals surface area contributed by atoms with Crippen molar-refractivity contribution in [2.75, 3.05) is 0 Å². The molecule has 2 heterocycles. The molecule has 4 atom stereocenters. The molecule has 0 spiro atoms. The molecule has 2 aliphatic heterocycles. The number of esters is 1. The molecule has 2 amide bonds. The Morgan fingerprint density at radius 3 is 2.38 bits per heavy atom. The summed E-state index contributed by atoms with van der Waals surface area (Å²) in [4.78, 5) is 49.7. The number of carbonyl (C=O) groups excluding carboxylic acids is 3. The average Bonchev–Trinajstić information content (AvgIpc) is 3.00. The molecule has 0 bridgehead atoms. The third-order valence-corrected chi connectivity index (χ3v) is 8.23. The second kappa shape index (κ2) is 8.98. The maximum Gasteiger partial charge on any atom is 0.330 e. The lowest BCUT2D eigenvalue weighted by Crippen LogP contribution is -2.71. The fourth-order valence-corrected chi connectivity index (χ4v) is 6.14. The van der Waals surface area contributed by atoms with Crippen molar-refractivity contribution in [1.82, 2.24) is 10.2 Å². The maximum absolute atomic E-state index is 13.2. The normalized spacial score (nSPS) is 24.6. The Morgan fingerprint density at radius 2 is 1.76 bits per heavy atom. The van der Waals surface area contributed by atoms with Crippen molar-refractivity contribution in [2.45, 2.75) is 49.1 Å². The van der Waals surface area contributed by atoms with Gasteiger partial charge in [-0.3, -0.25) is 23.9 Å². The molecule has 2 fully saturated rings. The van der Waals surface area contributed by atoms with Crippen molar-refractivity contribution >= 4 is 34.3 Å². The summed E-state index contributed by atoms with van der Waals surface area (Å²) in [5.74, 6) is -1.58. The van der Waals surface area contributed by atoms with Crippen LogP contribution in [0.15, 0.2) is 54.6 Å². The summed E-state index contributed by atoms with van der Waals surface area (Å²) in [6.45, 7) is 3.09. The smallest absolute Gasteiger partial charge is 0.330 e. The molecule has 2 saturated heterocycles. The summed E-state index contributed by atoms with van der Waals surface area (Å²) in [7, 11) is -1.63. The molecule has 10 nitrogen and oxygen atoms in total. The van der Waals surface area contributed by atoms with E-state index >= 15 is 0 Å². The predicted molar refractivity (Wildman–Crippen MR) is 122 cm³/mol. The lowest BCUT2D eigenvalue weighted by atomic mass is 9.95. The van der Waals surface area contributed by atoms with Gasteiger partial charge in [0, 0.05) is 12.1 Å². The number of β-lactam (4-membered cyclic amide) rings is 1. The van der Waals surface area contributed by atoms with Gasteiger partial charge >= 0.3 is 5.97 Å². The van der Waals surface area contributed by atoms with Crippen LogP contribution in [0, 0.1) is 10.1 Å². The van der Waals surface area contributed by atoms with Gasteiger partial charge in [0.1, 0.15) is 24.1 Å². The quantitative estimate of drug-likeness (QED) is 0.271. The molecule has 11 heteroatoms. The van der Waals surface area contributed by atoms with E-state index in [1.54, 1.807) is 38.1 Å².